The molecule has 3 aromatic rings. The molecule has 3 rings (SSSR count). The molecule has 5 nitrogen and oxygen atoms in total. The standard InChI is InChI=1S/C26H31NO4/c1-29-25-15-9-14-23(26(25)30-2)17-27(16-21-10-5-3-6-11-21)18-24(28)20-31-19-22-12-7-4-8-13-22/h3-15,24,28H,16-20H2,1-2H3/t24-/m1/s1. The summed E-state index contributed by atoms with van der Waals surface area (Å²) in [6, 6.07) is 26.1. The molecule has 0 unspecified atom stereocenters. The summed E-state index contributed by atoms with van der Waals surface area (Å²) in [6.07, 6.45) is -0.607. The van der Waals surface area contributed by atoms with Crippen molar-refractivity contribution in [2.45, 2.75) is 25.8 Å². The molecule has 3 aromatic carbocycles. The predicted molar refractivity (Wildman–Crippen MR) is 122 cm³/mol. The monoisotopic (exact) mass is 421 g/mol. The molecule has 0 aliphatic carbocycles. The Labute approximate surface area is 184 Å². The molecule has 31 heavy (non-hydrogen) atoms. The van der Waals surface area contributed by atoms with Gasteiger partial charge in [-0.3, -0.25) is 4.90 Å². The Balaban J connectivity index is 1.66. The summed E-state index contributed by atoms with van der Waals surface area (Å²) in [5, 5.41) is 10.7. The first-order valence-electron chi connectivity index (χ1n) is 10.5. The van der Waals surface area contributed by atoms with Crippen LogP contribution in [-0.2, 0) is 24.4 Å². The fraction of sp³-hybridized carbons (Fsp3) is 0.308. The minimum absolute atomic E-state index is 0.273. The Morgan fingerprint density at radius 3 is 2.10 bits per heavy atom. The summed E-state index contributed by atoms with van der Waals surface area (Å²) in [5.41, 5.74) is 3.29. The number of ether oxygens (including phenoxy) is 3. The summed E-state index contributed by atoms with van der Waals surface area (Å²) >= 11 is 0. The van der Waals surface area contributed by atoms with Crippen LogP contribution in [0.1, 0.15) is 16.7 Å². The molecule has 164 valence electrons. The molecule has 5 heteroatoms. The van der Waals surface area contributed by atoms with Gasteiger partial charge in [-0.2, -0.15) is 0 Å². The number of aliphatic hydroxyl groups is 1. The van der Waals surface area contributed by atoms with Crippen molar-refractivity contribution >= 4 is 0 Å². The van der Waals surface area contributed by atoms with Crippen LogP contribution in [0.3, 0.4) is 0 Å². The van der Waals surface area contributed by atoms with E-state index in [4.69, 9.17) is 14.2 Å². The van der Waals surface area contributed by atoms with Crippen LogP contribution in [0.4, 0.5) is 0 Å². The van der Waals surface area contributed by atoms with Crippen LogP contribution in [0.15, 0.2) is 78.9 Å². The lowest BCUT2D eigenvalue weighted by Gasteiger charge is -2.26. The minimum atomic E-state index is -0.607. The van der Waals surface area contributed by atoms with Gasteiger partial charge in [-0.1, -0.05) is 72.8 Å². The number of rotatable bonds is 12. The fourth-order valence-corrected chi connectivity index (χ4v) is 3.58. The molecule has 0 aliphatic rings. The van der Waals surface area contributed by atoms with E-state index >= 15 is 0 Å². The molecular weight excluding hydrogens is 390 g/mol. The molecule has 0 fully saturated rings. The van der Waals surface area contributed by atoms with E-state index < -0.39 is 6.10 Å². The molecule has 0 saturated heterocycles. The van der Waals surface area contributed by atoms with Crippen molar-refractivity contribution in [2.75, 3.05) is 27.4 Å². The molecule has 0 heterocycles. The molecular formula is C26H31NO4. The third kappa shape index (κ3) is 7.10. The third-order valence-electron chi connectivity index (χ3n) is 5.02. The first-order chi connectivity index (χ1) is 15.2. The molecule has 0 aliphatic heterocycles. The maximum Gasteiger partial charge on any atom is 0.165 e. The summed E-state index contributed by atoms with van der Waals surface area (Å²) in [7, 11) is 3.28. The van der Waals surface area contributed by atoms with Crippen molar-refractivity contribution in [3.8, 4) is 11.5 Å². The molecule has 1 atom stereocenters. The fourth-order valence-electron chi connectivity index (χ4n) is 3.58. The van der Waals surface area contributed by atoms with Crippen LogP contribution >= 0.6 is 0 Å². The topological polar surface area (TPSA) is 51.2 Å². The van der Waals surface area contributed by atoms with E-state index in [1.54, 1.807) is 14.2 Å². The van der Waals surface area contributed by atoms with Gasteiger partial charge in [-0.05, 0) is 17.2 Å². The highest BCUT2D eigenvalue weighted by Crippen LogP contribution is 2.31. The van der Waals surface area contributed by atoms with E-state index in [1.807, 2.05) is 66.7 Å². The van der Waals surface area contributed by atoms with Gasteiger partial charge in [0.05, 0.1) is 33.5 Å². The Morgan fingerprint density at radius 2 is 1.45 bits per heavy atom. The van der Waals surface area contributed by atoms with E-state index in [0.717, 1.165) is 16.9 Å². The van der Waals surface area contributed by atoms with Gasteiger partial charge in [0.1, 0.15) is 0 Å². The van der Waals surface area contributed by atoms with E-state index in [9.17, 15) is 5.11 Å². The normalized spacial score (nSPS) is 12.0. The summed E-state index contributed by atoms with van der Waals surface area (Å²) in [5.74, 6) is 1.42. The number of hydrogen-bond acceptors (Lipinski definition) is 5. The zero-order chi connectivity index (χ0) is 21.9. The van der Waals surface area contributed by atoms with Crippen LogP contribution in [0.5, 0.6) is 11.5 Å². The lowest BCUT2D eigenvalue weighted by atomic mass is 10.1. The van der Waals surface area contributed by atoms with Crippen LogP contribution in [0.2, 0.25) is 0 Å². The van der Waals surface area contributed by atoms with Crippen LogP contribution in [0, 0.1) is 0 Å². The second-order valence-corrected chi connectivity index (χ2v) is 7.46. The molecule has 0 saturated carbocycles. The largest absolute Gasteiger partial charge is 0.493 e. The average Bonchev–Trinajstić information content (AvgIpc) is 2.80. The Bertz CT molecular complexity index is 902. The van der Waals surface area contributed by atoms with Gasteiger partial charge in [-0.15, -0.1) is 0 Å². The maximum atomic E-state index is 10.7. The van der Waals surface area contributed by atoms with Crippen molar-refractivity contribution in [3.05, 3.63) is 95.6 Å². The van der Waals surface area contributed by atoms with Gasteiger partial charge in [-0.25, -0.2) is 0 Å². The lowest BCUT2D eigenvalue weighted by molar-refractivity contribution is 0.00701. The summed E-state index contributed by atoms with van der Waals surface area (Å²) in [6.45, 7) is 2.56. The molecule has 0 radical (unpaired) electrons. The second kappa shape index (κ2) is 12.1. The molecule has 0 amide bonds. The average molecular weight is 422 g/mol. The Kier molecular flexibility index (Phi) is 8.91. The van der Waals surface area contributed by atoms with Crippen molar-refractivity contribution in [1.29, 1.82) is 0 Å². The SMILES string of the molecule is COc1cccc(CN(Cc2ccccc2)C[C@@H](O)COCc2ccccc2)c1OC. The van der Waals surface area contributed by atoms with E-state index in [0.29, 0.717) is 32.0 Å². The van der Waals surface area contributed by atoms with Gasteiger partial charge in [0.2, 0.25) is 0 Å². The van der Waals surface area contributed by atoms with Crippen molar-refractivity contribution in [1.82, 2.24) is 4.90 Å². The number of aliphatic hydroxyl groups excluding tert-OH is 1. The minimum Gasteiger partial charge on any atom is -0.493 e. The highest BCUT2D eigenvalue weighted by Gasteiger charge is 2.17. The van der Waals surface area contributed by atoms with E-state index in [2.05, 4.69) is 17.0 Å². The first kappa shape index (κ1) is 22.8. The summed E-state index contributed by atoms with van der Waals surface area (Å²) in [4.78, 5) is 2.20. The third-order valence-corrected chi connectivity index (χ3v) is 5.02. The molecule has 0 bridgehead atoms. The zero-order valence-electron chi connectivity index (χ0n) is 18.2. The van der Waals surface area contributed by atoms with Crippen LogP contribution in [-0.4, -0.2) is 43.5 Å². The number of hydrogen-bond donors (Lipinski definition) is 1. The number of para-hydroxylation sites is 1. The number of benzene rings is 3. The van der Waals surface area contributed by atoms with Gasteiger partial charge in [0.15, 0.2) is 11.5 Å². The maximum absolute atomic E-state index is 10.7. The van der Waals surface area contributed by atoms with E-state index in [-0.39, 0.29) is 6.61 Å². The van der Waals surface area contributed by atoms with Crippen molar-refractivity contribution in [3.63, 3.8) is 0 Å². The van der Waals surface area contributed by atoms with Gasteiger partial charge >= 0.3 is 0 Å². The highest BCUT2D eigenvalue weighted by molar-refractivity contribution is 5.46. The lowest BCUT2D eigenvalue weighted by Crippen LogP contribution is -2.34. The second-order valence-electron chi connectivity index (χ2n) is 7.46. The first-order valence-corrected chi connectivity index (χ1v) is 10.5. The number of methoxy groups -OCH3 is 2. The van der Waals surface area contributed by atoms with Crippen LogP contribution in [0.25, 0.3) is 0 Å². The van der Waals surface area contributed by atoms with Gasteiger partial charge in [0, 0.05) is 25.2 Å². The van der Waals surface area contributed by atoms with E-state index in [1.165, 1.54) is 5.56 Å². The Hall–Kier alpha value is -2.86. The molecule has 0 spiro atoms. The van der Waals surface area contributed by atoms with Crippen molar-refractivity contribution in [2.24, 2.45) is 0 Å². The predicted octanol–water partition coefficient (Wildman–Crippen LogP) is 4.28. The smallest absolute Gasteiger partial charge is 0.165 e. The highest BCUT2D eigenvalue weighted by atomic mass is 16.5. The Morgan fingerprint density at radius 1 is 0.774 bits per heavy atom. The number of nitrogens with zero attached hydrogens (tertiary/aromatic N) is 1. The zero-order valence-corrected chi connectivity index (χ0v) is 18.2. The van der Waals surface area contributed by atoms with Crippen LogP contribution < -0.4 is 9.47 Å². The van der Waals surface area contributed by atoms with Crippen molar-refractivity contribution < 1.29 is 19.3 Å². The van der Waals surface area contributed by atoms with Gasteiger partial charge in [0.25, 0.3) is 0 Å². The molecule has 0 aromatic heterocycles. The van der Waals surface area contributed by atoms with Gasteiger partial charge < -0.3 is 19.3 Å². The quantitative estimate of drug-likeness (QED) is 0.473. The molecule has 1 N–H and O–H groups in total. The summed E-state index contributed by atoms with van der Waals surface area (Å²) < 4.78 is 16.8.